The molecule has 0 amide bonds. The maximum absolute atomic E-state index is 13.1. The van der Waals surface area contributed by atoms with E-state index < -0.39 is 27.6 Å². The molecule has 5 aliphatic rings. The number of nitrogens with zero attached hydrogens (tertiary/aromatic N) is 2. The second-order valence-corrected chi connectivity index (χ2v) is 13.4. The molecule has 2 aliphatic heterocycles. The zero-order valence-corrected chi connectivity index (χ0v) is 21.7. The Balaban J connectivity index is 1.37. The Hall–Kier alpha value is -0.755. The summed E-state index contributed by atoms with van der Waals surface area (Å²) in [6.45, 7) is 9.03. The van der Waals surface area contributed by atoms with Crippen LogP contribution in [-0.2, 0) is 24.3 Å². The Kier molecular flexibility index (Phi) is 6.94. The minimum Gasteiger partial charge on any atom is -0.480 e. The van der Waals surface area contributed by atoms with Gasteiger partial charge in [-0.05, 0) is 49.8 Å². The molecule has 6 atom stereocenters. The Morgan fingerprint density at radius 2 is 2.00 bits per heavy atom. The third-order valence-electron chi connectivity index (χ3n) is 9.37. The average Bonchev–Trinajstić information content (AvgIpc) is 3.29. The van der Waals surface area contributed by atoms with Gasteiger partial charge in [0.05, 0.1) is 11.7 Å². The molecule has 2 heterocycles. The first-order chi connectivity index (χ1) is 15.8. The highest BCUT2D eigenvalue weighted by molar-refractivity contribution is 7.86. The molecular weight excluding hydrogens is 459 g/mol. The molecule has 5 N–H and O–H groups in total. The summed E-state index contributed by atoms with van der Waals surface area (Å²) in [5.74, 6) is -0.505. The van der Waals surface area contributed by atoms with Gasteiger partial charge < -0.3 is 25.9 Å². The van der Waals surface area contributed by atoms with E-state index in [0.717, 1.165) is 6.42 Å². The Bertz CT molecular complexity index is 906. The predicted octanol–water partition coefficient (Wildman–Crippen LogP) is 0.734. The summed E-state index contributed by atoms with van der Waals surface area (Å²) in [6, 6.07) is 0. The molecule has 2 bridgehead atoms. The van der Waals surface area contributed by atoms with Gasteiger partial charge in [-0.15, -0.1) is 0 Å². The van der Waals surface area contributed by atoms with Crippen molar-refractivity contribution in [3.63, 3.8) is 0 Å². The van der Waals surface area contributed by atoms with E-state index in [9.17, 15) is 18.3 Å². The van der Waals surface area contributed by atoms with Gasteiger partial charge in [0, 0.05) is 38.6 Å². The number of carbonyl (C=O) groups is 1. The van der Waals surface area contributed by atoms with Crippen LogP contribution in [0.1, 0.15) is 53.4 Å². The molecular formula is C22H41BN4O6S. The van der Waals surface area contributed by atoms with Gasteiger partial charge in [-0.1, -0.05) is 27.2 Å². The van der Waals surface area contributed by atoms with Crippen LogP contribution in [0.2, 0.25) is 6.32 Å². The Morgan fingerprint density at radius 1 is 1.29 bits per heavy atom. The van der Waals surface area contributed by atoms with Gasteiger partial charge in [0.1, 0.15) is 5.54 Å². The number of likely N-dealkylation sites (N-methyl/N-ethyl adjacent to an activating group) is 1. The number of hydrogen-bond donors (Lipinski definition) is 3. The number of aliphatic carboxylic acids is 1. The standard InChI is InChI=1S/C22H41BN4O6S/c1-5-26(10-9-24)34(30,31)27-13-15(22(25,14-27)19(28)29)7-6-8-23-32-18-12-16-11-17(20(16,2)3)21(18,4)33-23/h15-18H,5-14,24-25H2,1-4H3,(H,28,29)/t15-,16+,17+,18-,21+,22-/m0/s1. The average molecular weight is 500 g/mol. The van der Waals surface area contributed by atoms with Crippen molar-refractivity contribution in [1.29, 1.82) is 0 Å². The van der Waals surface area contributed by atoms with Gasteiger partial charge in [0.15, 0.2) is 0 Å². The van der Waals surface area contributed by atoms with Crippen molar-refractivity contribution in [3.05, 3.63) is 0 Å². The van der Waals surface area contributed by atoms with Crippen molar-refractivity contribution >= 4 is 23.3 Å². The highest BCUT2D eigenvalue weighted by Gasteiger charge is 2.67. The van der Waals surface area contributed by atoms with Crippen LogP contribution in [0.5, 0.6) is 0 Å². The molecule has 0 unspecified atom stereocenters. The smallest absolute Gasteiger partial charge is 0.457 e. The van der Waals surface area contributed by atoms with Crippen molar-refractivity contribution in [3.8, 4) is 0 Å². The van der Waals surface area contributed by atoms with E-state index in [1.54, 1.807) is 6.92 Å². The van der Waals surface area contributed by atoms with Gasteiger partial charge in [-0.3, -0.25) is 4.79 Å². The Labute approximate surface area is 204 Å². The van der Waals surface area contributed by atoms with Gasteiger partial charge in [-0.2, -0.15) is 17.0 Å². The normalized spacial score (nSPS) is 39.3. The minimum absolute atomic E-state index is 0.0802. The van der Waals surface area contributed by atoms with E-state index in [1.807, 2.05) is 0 Å². The van der Waals surface area contributed by atoms with Crippen molar-refractivity contribution in [1.82, 2.24) is 8.61 Å². The highest BCUT2D eigenvalue weighted by atomic mass is 32.2. The number of nitrogens with two attached hydrogens (primary N) is 2. The summed E-state index contributed by atoms with van der Waals surface area (Å²) < 4.78 is 41.3. The topological polar surface area (TPSA) is 148 Å². The summed E-state index contributed by atoms with van der Waals surface area (Å²) >= 11 is 0. The number of hydrogen-bond acceptors (Lipinski definition) is 7. The van der Waals surface area contributed by atoms with E-state index in [4.69, 9.17) is 20.8 Å². The van der Waals surface area contributed by atoms with Crippen LogP contribution in [0.25, 0.3) is 0 Å². The van der Waals surface area contributed by atoms with Crippen molar-refractivity contribution in [2.75, 3.05) is 32.7 Å². The van der Waals surface area contributed by atoms with Crippen LogP contribution in [0.3, 0.4) is 0 Å². The number of carboxylic acids is 1. The van der Waals surface area contributed by atoms with Crippen LogP contribution in [0.4, 0.5) is 0 Å². The molecule has 5 rings (SSSR count). The summed E-state index contributed by atoms with van der Waals surface area (Å²) in [5.41, 5.74) is 10.2. The highest BCUT2D eigenvalue weighted by Crippen LogP contribution is 2.65. The van der Waals surface area contributed by atoms with Crippen LogP contribution < -0.4 is 11.5 Å². The molecule has 3 aliphatic carbocycles. The van der Waals surface area contributed by atoms with E-state index in [0.29, 0.717) is 31.0 Å². The number of rotatable bonds is 10. The first kappa shape index (κ1) is 26.3. The summed E-state index contributed by atoms with van der Waals surface area (Å²) in [7, 11) is -4.15. The lowest BCUT2D eigenvalue weighted by atomic mass is 9.43. The number of carboxylic acid groups (broad SMARTS) is 1. The molecule has 0 radical (unpaired) electrons. The molecule has 5 fully saturated rings. The van der Waals surface area contributed by atoms with Crippen molar-refractivity contribution in [2.24, 2.45) is 34.6 Å². The molecule has 0 aromatic heterocycles. The lowest BCUT2D eigenvalue weighted by Gasteiger charge is -2.64. The lowest BCUT2D eigenvalue weighted by molar-refractivity contribution is -0.199. The molecule has 194 valence electrons. The molecule has 12 heteroatoms. The largest absolute Gasteiger partial charge is 0.480 e. The fraction of sp³-hybridized carbons (Fsp3) is 0.955. The fourth-order valence-corrected chi connectivity index (χ4v) is 8.75. The predicted molar refractivity (Wildman–Crippen MR) is 129 cm³/mol. The van der Waals surface area contributed by atoms with E-state index in [-0.39, 0.29) is 57.0 Å². The van der Waals surface area contributed by atoms with Gasteiger partial charge in [0.2, 0.25) is 0 Å². The van der Waals surface area contributed by atoms with E-state index >= 15 is 0 Å². The summed E-state index contributed by atoms with van der Waals surface area (Å²) in [6.07, 6.45) is 4.09. The second kappa shape index (κ2) is 8.97. The van der Waals surface area contributed by atoms with E-state index in [1.165, 1.54) is 15.0 Å². The zero-order valence-electron chi connectivity index (χ0n) is 20.9. The third kappa shape index (κ3) is 4.03. The summed E-state index contributed by atoms with van der Waals surface area (Å²) in [5, 5.41) is 9.86. The van der Waals surface area contributed by atoms with Crippen LogP contribution in [-0.4, -0.2) is 85.2 Å². The monoisotopic (exact) mass is 500 g/mol. The van der Waals surface area contributed by atoms with Crippen molar-refractivity contribution < 1.29 is 27.6 Å². The first-order valence-electron chi connectivity index (χ1n) is 12.6. The maximum atomic E-state index is 13.1. The van der Waals surface area contributed by atoms with Crippen LogP contribution >= 0.6 is 0 Å². The molecule has 0 aromatic carbocycles. The quantitative estimate of drug-likeness (QED) is 0.372. The molecule has 3 saturated carbocycles. The van der Waals surface area contributed by atoms with Gasteiger partial charge >= 0.3 is 13.1 Å². The molecule has 10 nitrogen and oxygen atoms in total. The van der Waals surface area contributed by atoms with Gasteiger partial charge in [-0.25, -0.2) is 0 Å². The molecule has 0 aromatic rings. The van der Waals surface area contributed by atoms with Gasteiger partial charge in [0.25, 0.3) is 10.2 Å². The van der Waals surface area contributed by atoms with Crippen LogP contribution in [0.15, 0.2) is 0 Å². The molecule has 0 spiro atoms. The SMILES string of the molecule is CCN(CCN)S(=O)(=O)N1C[C@H](CCCB2O[C@H]3C[C@H]4C[C@H](C4(C)C)[C@@]3(C)O2)[C@](N)(C(=O)O)C1. The molecule has 34 heavy (non-hydrogen) atoms. The van der Waals surface area contributed by atoms with Crippen LogP contribution in [0, 0.1) is 23.2 Å². The summed E-state index contributed by atoms with van der Waals surface area (Å²) in [4.78, 5) is 12.1. The zero-order chi connectivity index (χ0) is 25.1. The van der Waals surface area contributed by atoms with E-state index in [2.05, 4.69) is 20.8 Å². The maximum Gasteiger partial charge on any atom is 0.457 e. The molecule has 2 saturated heterocycles. The van der Waals surface area contributed by atoms with Crippen molar-refractivity contribution in [2.45, 2.75) is 76.9 Å². The first-order valence-corrected chi connectivity index (χ1v) is 14.0. The second-order valence-electron chi connectivity index (χ2n) is 11.5. The minimum atomic E-state index is -3.83. The Morgan fingerprint density at radius 3 is 2.59 bits per heavy atom. The fourth-order valence-electron chi connectivity index (χ4n) is 7.01. The lowest BCUT2D eigenvalue weighted by Crippen LogP contribution is -2.65. The third-order valence-corrected chi connectivity index (χ3v) is 11.4.